The fraction of sp³-hybridized carbons (Fsp3) is 0.105. The van der Waals surface area contributed by atoms with Gasteiger partial charge in [0.15, 0.2) is 12.0 Å². The second-order valence-corrected chi connectivity index (χ2v) is 10.9. The van der Waals surface area contributed by atoms with E-state index in [9.17, 15) is 9.90 Å². The molecule has 204 valence electrons. The van der Waals surface area contributed by atoms with E-state index in [1.807, 2.05) is 116 Å². The fourth-order valence-corrected chi connectivity index (χ4v) is 6.14. The molecular weight excluding hydrogens is 516 g/mol. The predicted octanol–water partition coefficient (Wildman–Crippen LogP) is 6.20. The van der Waals surface area contributed by atoms with Crippen LogP contribution in [0.5, 0.6) is 0 Å². The molecule has 1 aromatic heterocycles. The third kappa shape index (κ3) is 4.76. The van der Waals surface area contributed by atoms with Gasteiger partial charge in [-0.2, -0.15) is 0 Å². The number of allylic oxidation sites excluding steroid dienone is 3. The van der Waals surface area contributed by atoms with Gasteiger partial charge in [0.05, 0.1) is 5.39 Å². The molecule has 42 heavy (non-hydrogen) atoms. The summed E-state index contributed by atoms with van der Waals surface area (Å²) < 4.78 is 0. The Morgan fingerprint density at radius 3 is 2.29 bits per heavy atom. The molecule has 1 aliphatic carbocycles. The number of rotatable bonds is 6. The van der Waals surface area contributed by atoms with E-state index < -0.39 is 12.0 Å². The van der Waals surface area contributed by atoms with Crippen LogP contribution < -0.4 is 15.0 Å². The predicted molar refractivity (Wildman–Crippen MR) is 166 cm³/mol. The van der Waals surface area contributed by atoms with Gasteiger partial charge in [0.25, 0.3) is 0 Å². The van der Waals surface area contributed by atoms with E-state index in [2.05, 4.69) is 34.1 Å². The number of carbonyl (C=O) groups is 1. The average Bonchev–Trinajstić information content (AvgIpc) is 3.05. The Labute approximate surface area is 245 Å². The topological polar surface area (TPSA) is 57.5 Å². The number of benzene rings is 4. The molecule has 1 aliphatic heterocycles. The molecule has 1 N–H and O–H groups in total. The maximum Gasteiger partial charge on any atom is 0.211 e. The van der Waals surface area contributed by atoms with Gasteiger partial charge in [0.2, 0.25) is 5.52 Å². The van der Waals surface area contributed by atoms with Crippen LogP contribution >= 0.6 is 0 Å². The van der Waals surface area contributed by atoms with Crippen LogP contribution in [0.3, 0.4) is 0 Å². The summed E-state index contributed by atoms with van der Waals surface area (Å²) in [5, 5.41) is 14.9. The molecule has 1 fully saturated rings. The highest BCUT2D eigenvalue weighted by Crippen LogP contribution is 2.41. The van der Waals surface area contributed by atoms with Crippen LogP contribution in [0, 0.1) is 5.92 Å². The van der Waals surface area contributed by atoms with E-state index in [1.165, 1.54) is 5.56 Å². The molecule has 0 amide bonds. The molecule has 2 atom stereocenters. The molecule has 1 saturated carbocycles. The van der Waals surface area contributed by atoms with E-state index in [0.29, 0.717) is 12.0 Å². The molecule has 4 heteroatoms. The summed E-state index contributed by atoms with van der Waals surface area (Å²) in [6.45, 7) is 0.742. The molecular formula is C38H30N2O2. The van der Waals surface area contributed by atoms with Crippen molar-refractivity contribution < 1.29 is 14.9 Å². The molecule has 0 saturated heterocycles. The van der Waals surface area contributed by atoms with Crippen molar-refractivity contribution in [2.75, 3.05) is 4.90 Å². The Balaban J connectivity index is 1.25. The third-order valence-corrected chi connectivity index (χ3v) is 8.27. The molecule has 0 radical (unpaired) electrons. The highest BCUT2D eigenvalue weighted by molar-refractivity contribution is 6.14. The van der Waals surface area contributed by atoms with Gasteiger partial charge in [-0.25, -0.2) is 4.98 Å². The summed E-state index contributed by atoms with van der Waals surface area (Å²) in [4.78, 5) is 19.4. The number of nitrogens with one attached hydrogen (secondary N) is 1. The number of nitrogens with zero attached hydrogens (tertiary/aromatic N) is 1. The van der Waals surface area contributed by atoms with E-state index in [0.717, 1.165) is 51.0 Å². The van der Waals surface area contributed by atoms with Crippen LogP contribution in [-0.2, 0) is 17.8 Å². The lowest BCUT2D eigenvalue weighted by molar-refractivity contribution is -0.419. The SMILES string of the molecule is O=C1C(=C(Cc2ccccc2)c2cc[nH+]c3ccccc23)C([O-])C1C=C1C=CN(Cc2ccccc2)c2ccccc21. The van der Waals surface area contributed by atoms with Gasteiger partial charge in [-0.1, -0.05) is 103 Å². The molecule has 4 nitrogen and oxygen atoms in total. The smallest absolute Gasteiger partial charge is 0.211 e. The Bertz CT molecular complexity index is 1870. The summed E-state index contributed by atoms with van der Waals surface area (Å²) >= 11 is 0. The standard InChI is InChI=1S/C38H29N2O2/c41-37-33(24-28-20-22-40(25-27-13-5-2-6-14-27)35-18-10-8-15-29(28)35)38(42)36(37)32(23-26-11-3-1-4-12-26)30-19-21-39-34-17-9-7-16-31(30)34/h1-22,24,33,37H,23,25H2/q-1/p+1. The van der Waals surface area contributed by atoms with Crippen molar-refractivity contribution in [2.45, 2.75) is 19.1 Å². The first kappa shape index (κ1) is 25.9. The molecule has 5 aromatic rings. The second kappa shape index (κ2) is 11.1. The maximum absolute atomic E-state index is 13.9. The van der Waals surface area contributed by atoms with Crippen molar-refractivity contribution in [2.24, 2.45) is 5.92 Å². The monoisotopic (exact) mass is 546 g/mol. The summed E-state index contributed by atoms with van der Waals surface area (Å²) in [5.41, 5.74) is 8.42. The van der Waals surface area contributed by atoms with Crippen molar-refractivity contribution in [1.29, 1.82) is 0 Å². The lowest BCUT2D eigenvalue weighted by Crippen LogP contribution is -2.53. The molecule has 4 aromatic carbocycles. The Hall–Kier alpha value is -5.06. The van der Waals surface area contributed by atoms with Gasteiger partial charge in [0.1, 0.15) is 0 Å². The number of hydrogen-bond acceptors (Lipinski definition) is 3. The minimum absolute atomic E-state index is 0.0806. The normalized spacial score (nSPS) is 20.0. The van der Waals surface area contributed by atoms with Gasteiger partial charge in [-0.15, -0.1) is 0 Å². The first-order valence-corrected chi connectivity index (χ1v) is 14.3. The molecule has 0 bridgehead atoms. The Kier molecular flexibility index (Phi) is 6.82. The van der Waals surface area contributed by atoms with Gasteiger partial charge in [0, 0.05) is 42.0 Å². The van der Waals surface area contributed by atoms with Crippen LogP contribution in [-0.4, -0.2) is 11.9 Å². The Morgan fingerprint density at radius 2 is 1.50 bits per heavy atom. The minimum Gasteiger partial charge on any atom is -0.848 e. The van der Waals surface area contributed by atoms with Crippen molar-refractivity contribution in [3.8, 4) is 0 Å². The summed E-state index contributed by atoms with van der Waals surface area (Å²) in [6, 6.07) is 38.6. The van der Waals surface area contributed by atoms with Crippen molar-refractivity contribution in [3.63, 3.8) is 0 Å². The molecule has 2 aliphatic rings. The van der Waals surface area contributed by atoms with Crippen LogP contribution in [0.1, 0.15) is 22.3 Å². The van der Waals surface area contributed by atoms with Gasteiger partial charge < -0.3 is 10.0 Å². The first-order valence-electron chi connectivity index (χ1n) is 14.3. The lowest BCUT2D eigenvalue weighted by atomic mass is 9.70. The largest absolute Gasteiger partial charge is 0.848 e. The van der Waals surface area contributed by atoms with Gasteiger partial charge in [-0.05, 0) is 58.0 Å². The number of hydrogen-bond donors (Lipinski definition) is 0. The number of aromatic nitrogens is 1. The van der Waals surface area contributed by atoms with Crippen molar-refractivity contribution in [3.05, 3.63) is 168 Å². The number of anilines is 1. The number of carbonyl (C=O) groups excluding carboxylic acids is 1. The van der Waals surface area contributed by atoms with Crippen LogP contribution in [0.4, 0.5) is 5.69 Å². The number of aromatic amines is 1. The number of pyridine rings is 1. The Morgan fingerprint density at radius 1 is 0.810 bits per heavy atom. The van der Waals surface area contributed by atoms with Crippen molar-refractivity contribution in [1.82, 2.24) is 0 Å². The summed E-state index contributed by atoms with van der Waals surface area (Å²) in [6.07, 6.45) is 7.24. The maximum atomic E-state index is 13.9. The molecule has 2 unspecified atom stereocenters. The lowest BCUT2D eigenvalue weighted by Gasteiger charge is -2.44. The van der Waals surface area contributed by atoms with Crippen LogP contribution in [0.15, 0.2) is 145 Å². The first-order chi connectivity index (χ1) is 20.7. The van der Waals surface area contributed by atoms with E-state index in [4.69, 9.17) is 0 Å². The molecule has 0 spiro atoms. The van der Waals surface area contributed by atoms with E-state index >= 15 is 0 Å². The van der Waals surface area contributed by atoms with Gasteiger partial charge in [-0.3, -0.25) is 4.79 Å². The summed E-state index contributed by atoms with van der Waals surface area (Å²) in [7, 11) is 0. The van der Waals surface area contributed by atoms with Crippen molar-refractivity contribution >= 4 is 33.5 Å². The van der Waals surface area contributed by atoms with E-state index in [1.54, 1.807) is 0 Å². The number of Topliss-reactive ketones (excluding diaryl/α,β-unsaturated/α-hetero) is 1. The zero-order valence-corrected chi connectivity index (χ0v) is 23.1. The van der Waals surface area contributed by atoms with Crippen LogP contribution in [0.25, 0.3) is 22.0 Å². The summed E-state index contributed by atoms with van der Waals surface area (Å²) in [5.74, 6) is -0.788. The highest BCUT2D eigenvalue weighted by atomic mass is 16.3. The number of H-pyrrole nitrogens is 1. The number of para-hydroxylation sites is 2. The average molecular weight is 547 g/mol. The second-order valence-electron chi connectivity index (χ2n) is 10.9. The van der Waals surface area contributed by atoms with E-state index in [-0.39, 0.29) is 5.78 Å². The number of ketones is 1. The molecule has 7 rings (SSSR count). The third-order valence-electron chi connectivity index (χ3n) is 8.27. The van der Waals surface area contributed by atoms with Crippen LogP contribution in [0.2, 0.25) is 0 Å². The zero-order valence-electron chi connectivity index (χ0n) is 23.1. The zero-order chi connectivity index (χ0) is 28.5. The van der Waals surface area contributed by atoms with Gasteiger partial charge >= 0.3 is 0 Å². The molecule has 2 heterocycles. The minimum atomic E-state index is -1.13. The quantitative estimate of drug-likeness (QED) is 0.239. The number of fused-ring (bicyclic) bond motifs is 2. The highest BCUT2D eigenvalue weighted by Gasteiger charge is 2.39. The fourth-order valence-electron chi connectivity index (χ4n) is 6.14.